The molecule has 5 rings (SSSR count). The SMILES string of the molecule is COc1ccc(-c2ccc3ncc4c(c3c2)n(-c2cccc(C(C)(F)F)c2)c(=O)n4C)cn1.NC=O. The molecule has 0 saturated heterocycles. The fourth-order valence-electron chi connectivity index (χ4n) is 4.01. The number of benzene rings is 2. The maximum absolute atomic E-state index is 14.0. The Morgan fingerprint density at radius 2 is 1.75 bits per heavy atom. The molecule has 10 heteroatoms. The molecule has 36 heavy (non-hydrogen) atoms. The van der Waals surface area contributed by atoms with Crippen LogP contribution in [0.15, 0.2) is 71.8 Å². The lowest BCUT2D eigenvalue weighted by molar-refractivity contribution is -0.106. The molecule has 0 saturated carbocycles. The second-order valence-corrected chi connectivity index (χ2v) is 8.06. The van der Waals surface area contributed by atoms with Crippen LogP contribution in [0.2, 0.25) is 0 Å². The predicted octanol–water partition coefficient (Wildman–Crippen LogP) is 4.16. The third-order valence-corrected chi connectivity index (χ3v) is 5.77. The summed E-state index contributed by atoms with van der Waals surface area (Å²) >= 11 is 0. The topological polar surface area (TPSA) is 105 Å². The minimum Gasteiger partial charge on any atom is -0.481 e. The maximum Gasteiger partial charge on any atom is 0.333 e. The van der Waals surface area contributed by atoms with E-state index in [1.54, 1.807) is 38.7 Å². The number of carbonyl (C=O) groups is 1. The number of imidazole rings is 1. The van der Waals surface area contributed by atoms with Crippen molar-refractivity contribution in [1.29, 1.82) is 0 Å². The molecule has 0 aliphatic rings. The molecule has 2 aromatic carbocycles. The lowest BCUT2D eigenvalue weighted by atomic mass is 10.0. The van der Waals surface area contributed by atoms with Gasteiger partial charge in [0.1, 0.15) is 0 Å². The number of amides is 1. The van der Waals surface area contributed by atoms with E-state index < -0.39 is 5.92 Å². The Kier molecular flexibility index (Phi) is 6.52. The zero-order chi connectivity index (χ0) is 26.0. The number of primary amides is 1. The highest BCUT2D eigenvalue weighted by Gasteiger charge is 2.25. The van der Waals surface area contributed by atoms with Crippen molar-refractivity contribution in [2.24, 2.45) is 12.8 Å². The normalized spacial score (nSPS) is 11.2. The molecule has 8 nitrogen and oxygen atoms in total. The van der Waals surface area contributed by atoms with Gasteiger partial charge in [0.2, 0.25) is 12.3 Å². The summed E-state index contributed by atoms with van der Waals surface area (Å²) < 4.78 is 36.1. The Bertz CT molecular complexity index is 1620. The maximum atomic E-state index is 14.0. The fourth-order valence-corrected chi connectivity index (χ4v) is 4.01. The Morgan fingerprint density at radius 1 is 1.03 bits per heavy atom. The molecule has 0 bridgehead atoms. The van der Waals surface area contributed by atoms with Gasteiger partial charge in [-0.1, -0.05) is 18.2 Å². The van der Waals surface area contributed by atoms with Crippen LogP contribution >= 0.6 is 0 Å². The molecule has 2 N–H and O–H groups in total. The van der Waals surface area contributed by atoms with Gasteiger partial charge in [-0.3, -0.25) is 18.9 Å². The van der Waals surface area contributed by atoms with E-state index in [4.69, 9.17) is 9.53 Å². The van der Waals surface area contributed by atoms with E-state index in [0.717, 1.165) is 23.4 Å². The van der Waals surface area contributed by atoms with Gasteiger partial charge in [0.25, 0.3) is 5.92 Å². The lowest BCUT2D eigenvalue weighted by Crippen LogP contribution is -2.21. The van der Waals surface area contributed by atoms with Gasteiger partial charge in [-0.15, -0.1) is 0 Å². The van der Waals surface area contributed by atoms with Crippen LogP contribution in [0.25, 0.3) is 38.8 Å². The Balaban J connectivity index is 0.000000967. The molecule has 1 amide bonds. The van der Waals surface area contributed by atoms with Crippen LogP contribution in [0.1, 0.15) is 12.5 Å². The zero-order valence-electron chi connectivity index (χ0n) is 19.8. The zero-order valence-corrected chi connectivity index (χ0v) is 19.8. The van der Waals surface area contributed by atoms with Crippen molar-refractivity contribution in [3.63, 3.8) is 0 Å². The number of fused-ring (bicyclic) bond motifs is 3. The molecule has 0 radical (unpaired) electrons. The first-order valence-electron chi connectivity index (χ1n) is 10.8. The van der Waals surface area contributed by atoms with Crippen LogP contribution in [0.4, 0.5) is 8.78 Å². The number of aryl methyl sites for hydroxylation is 1. The van der Waals surface area contributed by atoms with Gasteiger partial charge in [0.05, 0.1) is 35.5 Å². The first kappa shape index (κ1) is 24.5. The van der Waals surface area contributed by atoms with Crippen molar-refractivity contribution in [2.75, 3.05) is 7.11 Å². The molecule has 0 aliphatic heterocycles. The van der Waals surface area contributed by atoms with Crippen LogP contribution in [-0.2, 0) is 17.8 Å². The minimum absolute atomic E-state index is 0.160. The number of aromatic nitrogens is 4. The largest absolute Gasteiger partial charge is 0.481 e. The average Bonchev–Trinajstić information content (AvgIpc) is 3.14. The van der Waals surface area contributed by atoms with E-state index in [-0.39, 0.29) is 17.7 Å². The number of nitrogens with zero attached hydrogens (tertiary/aromatic N) is 4. The van der Waals surface area contributed by atoms with E-state index in [0.29, 0.717) is 28.1 Å². The number of hydrogen-bond donors (Lipinski definition) is 1. The highest BCUT2D eigenvalue weighted by Crippen LogP contribution is 2.32. The third kappa shape index (κ3) is 4.40. The number of hydrogen-bond acceptors (Lipinski definition) is 5. The average molecular weight is 491 g/mol. The van der Waals surface area contributed by atoms with Crippen LogP contribution in [0.5, 0.6) is 5.88 Å². The second kappa shape index (κ2) is 9.57. The first-order chi connectivity index (χ1) is 17.2. The molecule has 0 spiro atoms. The number of rotatable bonds is 4. The van der Waals surface area contributed by atoms with E-state index in [9.17, 15) is 13.6 Å². The number of pyridine rings is 2. The molecule has 3 heterocycles. The number of carbonyl (C=O) groups excluding carboxylic acids is 1. The number of alkyl halides is 2. The van der Waals surface area contributed by atoms with Crippen LogP contribution < -0.4 is 16.2 Å². The number of methoxy groups -OCH3 is 1. The molecule has 3 aromatic heterocycles. The van der Waals surface area contributed by atoms with Crippen molar-refractivity contribution in [1.82, 2.24) is 19.1 Å². The third-order valence-electron chi connectivity index (χ3n) is 5.77. The molecule has 184 valence electrons. The van der Waals surface area contributed by atoms with Crippen molar-refractivity contribution in [3.05, 3.63) is 83.0 Å². The highest BCUT2D eigenvalue weighted by molar-refractivity contribution is 6.04. The van der Waals surface area contributed by atoms with Gasteiger partial charge in [-0.25, -0.2) is 18.6 Å². The molecule has 0 aliphatic carbocycles. The molecule has 0 atom stereocenters. The summed E-state index contributed by atoms with van der Waals surface area (Å²) in [6, 6.07) is 15.3. The molecule has 0 unspecified atom stereocenters. The standard InChI is InChI=1S/C25H20F2N4O2.CH3NO/c1-25(26,27)17-5-4-6-18(12-17)31-23-19-11-15(16-8-10-22(33-3)29-13-16)7-9-20(19)28-14-21(23)30(2)24(31)32;2-1-3/h4-14H,1-3H3;1H,(H2,2,3). The van der Waals surface area contributed by atoms with Gasteiger partial charge < -0.3 is 10.5 Å². The van der Waals surface area contributed by atoms with Crippen molar-refractivity contribution in [3.8, 4) is 22.7 Å². The van der Waals surface area contributed by atoms with Crippen molar-refractivity contribution in [2.45, 2.75) is 12.8 Å². The summed E-state index contributed by atoms with van der Waals surface area (Å²) in [4.78, 5) is 30.6. The summed E-state index contributed by atoms with van der Waals surface area (Å²) in [5, 5.41) is 0.729. The van der Waals surface area contributed by atoms with Gasteiger partial charge in [0, 0.05) is 42.7 Å². The van der Waals surface area contributed by atoms with Gasteiger partial charge in [0.15, 0.2) is 0 Å². The first-order valence-corrected chi connectivity index (χ1v) is 10.8. The van der Waals surface area contributed by atoms with E-state index in [1.165, 1.54) is 27.3 Å². The van der Waals surface area contributed by atoms with E-state index in [1.807, 2.05) is 24.3 Å². The summed E-state index contributed by atoms with van der Waals surface area (Å²) in [7, 11) is 3.20. The van der Waals surface area contributed by atoms with Crippen LogP contribution in [0.3, 0.4) is 0 Å². The molecular formula is C26H23F2N5O3. The Morgan fingerprint density at radius 3 is 2.39 bits per heavy atom. The number of ether oxygens (including phenoxy) is 1. The van der Waals surface area contributed by atoms with E-state index in [2.05, 4.69) is 15.7 Å². The Labute approximate surface area is 204 Å². The quantitative estimate of drug-likeness (QED) is 0.380. The summed E-state index contributed by atoms with van der Waals surface area (Å²) in [6.07, 6.45) is 3.58. The van der Waals surface area contributed by atoms with Crippen molar-refractivity contribution < 1.29 is 18.3 Å². The van der Waals surface area contributed by atoms with Crippen LogP contribution in [-0.4, -0.2) is 32.6 Å². The minimum atomic E-state index is -3.03. The number of halogens is 2. The van der Waals surface area contributed by atoms with Crippen molar-refractivity contribution >= 4 is 28.3 Å². The Hall–Kier alpha value is -4.60. The van der Waals surface area contributed by atoms with Gasteiger partial charge in [-0.2, -0.15) is 0 Å². The van der Waals surface area contributed by atoms with Gasteiger partial charge >= 0.3 is 5.69 Å². The van der Waals surface area contributed by atoms with Crippen LogP contribution in [0, 0.1) is 0 Å². The predicted molar refractivity (Wildman–Crippen MR) is 133 cm³/mol. The monoisotopic (exact) mass is 491 g/mol. The number of nitrogens with two attached hydrogens (primary N) is 1. The highest BCUT2D eigenvalue weighted by atomic mass is 19.3. The summed E-state index contributed by atoms with van der Waals surface area (Å²) in [5.74, 6) is -2.52. The molecule has 5 aromatic rings. The van der Waals surface area contributed by atoms with E-state index >= 15 is 0 Å². The summed E-state index contributed by atoms with van der Waals surface area (Å²) in [6.45, 7) is 0.840. The second-order valence-electron chi connectivity index (χ2n) is 8.06. The summed E-state index contributed by atoms with van der Waals surface area (Å²) in [5.41, 5.74) is 7.67. The molecule has 0 fully saturated rings. The molecular weight excluding hydrogens is 468 g/mol. The smallest absolute Gasteiger partial charge is 0.333 e. The fraction of sp³-hybridized carbons (Fsp3) is 0.154. The lowest BCUT2D eigenvalue weighted by Gasteiger charge is -2.13. The van der Waals surface area contributed by atoms with Gasteiger partial charge in [-0.05, 0) is 35.9 Å².